The second-order valence-corrected chi connectivity index (χ2v) is 7.35. The Morgan fingerprint density at radius 1 is 1.40 bits per heavy atom. The summed E-state index contributed by atoms with van der Waals surface area (Å²) in [6, 6.07) is 8.05. The zero-order valence-corrected chi connectivity index (χ0v) is 15.3. The van der Waals surface area contributed by atoms with E-state index in [9.17, 15) is 9.59 Å². The van der Waals surface area contributed by atoms with Crippen LogP contribution in [0.1, 0.15) is 5.56 Å². The maximum absolute atomic E-state index is 13.1. The maximum atomic E-state index is 13.1. The van der Waals surface area contributed by atoms with E-state index in [0.717, 1.165) is 16.7 Å². The number of nitrogens with zero attached hydrogens (tertiary/aromatic N) is 2. The smallest absolute Gasteiger partial charge is 0.263 e. The first-order chi connectivity index (χ1) is 12.0. The van der Waals surface area contributed by atoms with Gasteiger partial charge < -0.3 is 5.73 Å². The van der Waals surface area contributed by atoms with Gasteiger partial charge in [0, 0.05) is 17.5 Å². The molecule has 2 heterocycles. The number of nitrogens with two attached hydrogens (primary N) is 1. The summed E-state index contributed by atoms with van der Waals surface area (Å²) in [6.45, 7) is 6.06. The summed E-state index contributed by atoms with van der Waals surface area (Å²) >= 11 is 2.59. The Balaban J connectivity index is 2.19. The second kappa shape index (κ2) is 7.25. The topological polar surface area (TPSA) is 78.0 Å². The van der Waals surface area contributed by atoms with Gasteiger partial charge in [-0.3, -0.25) is 14.2 Å². The van der Waals surface area contributed by atoms with Gasteiger partial charge >= 0.3 is 0 Å². The lowest BCUT2D eigenvalue weighted by atomic mass is 10.1. The predicted octanol–water partition coefficient (Wildman–Crippen LogP) is 3.20. The SMILES string of the molecule is C=CCn1c(SCC(N)=O)nc2scc(-c3ccc(C)cc3)c2c1=O. The molecule has 2 aromatic heterocycles. The number of allylic oxidation sites excluding steroid dienone is 1. The van der Waals surface area contributed by atoms with E-state index in [1.807, 2.05) is 36.6 Å². The molecule has 0 saturated heterocycles. The van der Waals surface area contributed by atoms with Gasteiger partial charge in [0.1, 0.15) is 4.83 Å². The highest BCUT2D eigenvalue weighted by molar-refractivity contribution is 7.99. The van der Waals surface area contributed by atoms with E-state index in [1.54, 1.807) is 6.08 Å². The second-order valence-electron chi connectivity index (χ2n) is 5.55. The third-order valence-electron chi connectivity index (χ3n) is 3.68. The van der Waals surface area contributed by atoms with Crippen LogP contribution in [-0.4, -0.2) is 21.2 Å². The van der Waals surface area contributed by atoms with Crippen molar-refractivity contribution < 1.29 is 4.79 Å². The Kier molecular flexibility index (Phi) is 5.06. The van der Waals surface area contributed by atoms with Crippen LogP contribution < -0.4 is 11.3 Å². The number of primary amides is 1. The Bertz CT molecular complexity index is 1000. The number of thioether (sulfide) groups is 1. The fourth-order valence-corrected chi connectivity index (χ4v) is 4.22. The number of benzene rings is 1. The molecule has 0 aliphatic carbocycles. The van der Waals surface area contributed by atoms with Gasteiger partial charge in [0.15, 0.2) is 5.16 Å². The van der Waals surface area contributed by atoms with Crippen LogP contribution in [0.15, 0.2) is 52.3 Å². The zero-order valence-electron chi connectivity index (χ0n) is 13.7. The van der Waals surface area contributed by atoms with Gasteiger partial charge in [0.05, 0.1) is 11.1 Å². The fraction of sp³-hybridized carbons (Fsp3) is 0.167. The Morgan fingerprint density at radius 2 is 2.12 bits per heavy atom. The van der Waals surface area contributed by atoms with E-state index in [0.29, 0.717) is 21.9 Å². The number of aryl methyl sites for hydroxylation is 1. The minimum atomic E-state index is -0.448. The molecular weight excluding hydrogens is 354 g/mol. The Hall–Kier alpha value is -2.38. The van der Waals surface area contributed by atoms with Crippen LogP contribution in [0.2, 0.25) is 0 Å². The molecule has 3 aromatic rings. The van der Waals surface area contributed by atoms with Crippen molar-refractivity contribution in [1.29, 1.82) is 0 Å². The summed E-state index contributed by atoms with van der Waals surface area (Å²) in [6.07, 6.45) is 1.64. The van der Waals surface area contributed by atoms with Gasteiger partial charge in [0.2, 0.25) is 5.91 Å². The van der Waals surface area contributed by atoms with E-state index < -0.39 is 5.91 Å². The monoisotopic (exact) mass is 371 g/mol. The predicted molar refractivity (Wildman–Crippen MR) is 104 cm³/mol. The van der Waals surface area contributed by atoms with Gasteiger partial charge in [-0.2, -0.15) is 0 Å². The van der Waals surface area contributed by atoms with Crippen LogP contribution in [-0.2, 0) is 11.3 Å². The van der Waals surface area contributed by atoms with Gasteiger partial charge in [-0.1, -0.05) is 47.7 Å². The van der Waals surface area contributed by atoms with Crippen molar-refractivity contribution in [3.05, 3.63) is 58.2 Å². The van der Waals surface area contributed by atoms with Crippen molar-refractivity contribution in [2.24, 2.45) is 5.73 Å². The first-order valence-electron chi connectivity index (χ1n) is 7.62. The molecule has 128 valence electrons. The lowest BCUT2D eigenvalue weighted by Gasteiger charge is -2.10. The normalized spacial score (nSPS) is 10.9. The van der Waals surface area contributed by atoms with E-state index in [4.69, 9.17) is 5.73 Å². The fourth-order valence-electron chi connectivity index (χ4n) is 2.49. The average Bonchev–Trinajstić information content (AvgIpc) is 3.00. The molecule has 0 fully saturated rings. The van der Waals surface area contributed by atoms with Gasteiger partial charge in [-0.15, -0.1) is 17.9 Å². The summed E-state index contributed by atoms with van der Waals surface area (Å²) in [7, 11) is 0. The third kappa shape index (κ3) is 3.52. The highest BCUT2D eigenvalue weighted by atomic mass is 32.2. The van der Waals surface area contributed by atoms with E-state index >= 15 is 0 Å². The molecule has 0 atom stereocenters. The summed E-state index contributed by atoms with van der Waals surface area (Å²) < 4.78 is 1.54. The van der Waals surface area contributed by atoms with E-state index in [-0.39, 0.29) is 11.3 Å². The summed E-state index contributed by atoms with van der Waals surface area (Å²) in [5.41, 5.74) is 8.11. The standard InChI is InChI=1S/C18H17N3O2S2/c1-3-8-21-17(23)15-13(12-6-4-11(2)5-7-12)9-24-16(15)20-18(21)25-10-14(19)22/h3-7,9H,1,8,10H2,2H3,(H2,19,22). The minimum absolute atomic E-state index is 0.0747. The first kappa shape index (κ1) is 17.4. The highest BCUT2D eigenvalue weighted by Crippen LogP contribution is 2.32. The number of hydrogen-bond acceptors (Lipinski definition) is 5. The Labute approximate surface area is 153 Å². The number of hydrogen-bond donors (Lipinski definition) is 1. The summed E-state index contributed by atoms with van der Waals surface area (Å²) in [4.78, 5) is 29.4. The van der Waals surface area contributed by atoms with Crippen LogP contribution >= 0.6 is 23.1 Å². The molecule has 1 aromatic carbocycles. The van der Waals surface area contributed by atoms with Crippen molar-refractivity contribution in [3.63, 3.8) is 0 Å². The number of amides is 1. The maximum Gasteiger partial charge on any atom is 0.263 e. The van der Waals surface area contributed by atoms with Crippen molar-refractivity contribution in [3.8, 4) is 11.1 Å². The van der Waals surface area contributed by atoms with E-state index in [1.165, 1.54) is 27.7 Å². The van der Waals surface area contributed by atoms with Crippen LogP contribution in [0.5, 0.6) is 0 Å². The largest absolute Gasteiger partial charge is 0.369 e. The molecule has 0 unspecified atom stereocenters. The van der Waals surface area contributed by atoms with Gasteiger partial charge in [-0.05, 0) is 12.5 Å². The van der Waals surface area contributed by atoms with Crippen molar-refractivity contribution in [2.75, 3.05) is 5.75 Å². The summed E-state index contributed by atoms with van der Waals surface area (Å²) in [5, 5.41) is 3.03. The summed E-state index contributed by atoms with van der Waals surface area (Å²) in [5.74, 6) is -0.373. The molecule has 0 aliphatic rings. The van der Waals surface area contributed by atoms with Crippen LogP contribution in [0.3, 0.4) is 0 Å². The number of carbonyl (C=O) groups is 1. The molecule has 0 spiro atoms. The third-order valence-corrected chi connectivity index (χ3v) is 5.55. The molecule has 0 radical (unpaired) electrons. The van der Waals surface area contributed by atoms with Crippen LogP contribution in [0, 0.1) is 6.92 Å². The molecule has 0 saturated carbocycles. The minimum Gasteiger partial charge on any atom is -0.369 e. The molecule has 5 nitrogen and oxygen atoms in total. The van der Waals surface area contributed by atoms with Gasteiger partial charge in [-0.25, -0.2) is 4.98 Å². The first-order valence-corrected chi connectivity index (χ1v) is 9.49. The number of fused-ring (bicyclic) bond motifs is 1. The molecule has 0 aliphatic heterocycles. The molecule has 7 heteroatoms. The molecule has 3 rings (SSSR count). The molecule has 2 N–H and O–H groups in total. The molecule has 0 bridgehead atoms. The zero-order chi connectivity index (χ0) is 18.0. The van der Waals surface area contributed by atoms with Crippen molar-refractivity contribution >= 4 is 39.2 Å². The van der Waals surface area contributed by atoms with Crippen molar-refractivity contribution in [2.45, 2.75) is 18.6 Å². The number of aromatic nitrogens is 2. The van der Waals surface area contributed by atoms with E-state index in [2.05, 4.69) is 11.6 Å². The van der Waals surface area contributed by atoms with Crippen molar-refractivity contribution in [1.82, 2.24) is 9.55 Å². The average molecular weight is 371 g/mol. The number of thiophene rings is 1. The number of carbonyl (C=O) groups excluding carboxylic acids is 1. The molecule has 25 heavy (non-hydrogen) atoms. The highest BCUT2D eigenvalue weighted by Gasteiger charge is 2.17. The number of rotatable bonds is 6. The van der Waals surface area contributed by atoms with Crippen LogP contribution in [0.4, 0.5) is 0 Å². The Morgan fingerprint density at radius 3 is 2.76 bits per heavy atom. The molecule has 1 amide bonds. The van der Waals surface area contributed by atoms with Gasteiger partial charge in [0.25, 0.3) is 5.56 Å². The lowest BCUT2D eigenvalue weighted by molar-refractivity contribution is -0.115. The molecular formula is C18H17N3O2S2. The lowest BCUT2D eigenvalue weighted by Crippen LogP contribution is -2.23. The van der Waals surface area contributed by atoms with Crippen LogP contribution in [0.25, 0.3) is 21.3 Å². The quantitative estimate of drug-likeness (QED) is 0.410.